The van der Waals surface area contributed by atoms with Crippen LogP contribution in [-0.2, 0) is 4.79 Å². The molecule has 0 saturated heterocycles. The van der Waals surface area contributed by atoms with Crippen LogP contribution < -0.4 is 10.4 Å². The van der Waals surface area contributed by atoms with E-state index in [-0.39, 0.29) is 21.3 Å². The van der Waals surface area contributed by atoms with E-state index in [0.717, 1.165) is 0 Å². The maximum atomic E-state index is 12.4. The number of aliphatic carboxylic acids is 1. The number of amides is 1. The van der Waals surface area contributed by atoms with Gasteiger partial charge in [-0.2, -0.15) is 0 Å². The van der Waals surface area contributed by atoms with Gasteiger partial charge in [0.25, 0.3) is 11.6 Å². The van der Waals surface area contributed by atoms with Gasteiger partial charge >= 0.3 is 0 Å². The number of nitro benzene ring substituents is 1. The first-order chi connectivity index (χ1) is 11.8. The SMILES string of the molecule is O=C([O-])C[C@H](NC(=O)c1c(Cl)cccc1Cl)c1ccc([N+](=O)[O-])cc1. The van der Waals surface area contributed by atoms with E-state index in [0.29, 0.717) is 5.56 Å². The lowest BCUT2D eigenvalue weighted by Crippen LogP contribution is -2.34. The second kappa shape index (κ2) is 7.96. The van der Waals surface area contributed by atoms with Crippen LogP contribution in [0.1, 0.15) is 28.4 Å². The predicted octanol–water partition coefficient (Wildman–Crippen LogP) is 2.51. The number of carboxylic acids is 1. The average Bonchev–Trinajstić information content (AvgIpc) is 2.53. The smallest absolute Gasteiger partial charge is 0.269 e. The van der Waals surface area contributed by atoms with Crippen LogP contribution in [0.5, 0.6) is 0 Å². The minimum absolute atomic E-state index is 0.0103. The Morgan fingerprint density at radius 1 is 1.08 bits per heavy atom. The standard InChI is InChI=1S/C16H12Cl2N2O5/c17-11-2-1-3-12(18)15(11)16(23)19-13(8-14(21)22)9-4-6-10(7-5-9)20(24)25/h1-7,13H,8H2,(H,19,23)(H,21,22)/p-1/t13-/m0/s1. The van der Waals surface area contributed by atoms with Crippen molar-refractivity contribution >= 4 is 40.8 Å². The summed E-state index contributed by atoms with van der Waals surface area (Å²) in [6.45, 7) is 0. The highest BCUT2D eigenvalue weighted by Gasteiger charge is 2.20. The monoisotopic (exact) mass is 381 g/mol. The topological polar surface area (TPSA) is 112 Å². The second-order valence-corrected chi connectivity index (χ2v) is 5.86. The third-order valence-electron chi connectivity index (χ3n) is 3.37. The molecule has 9 heteroatoms. The number of halogens is 2. The molecule has 0 unspecified atom stereocenters. The molecule has 25 heavy (non-hydrogen) atoms. The molecular formula is C16H11Cl2N2O5-. The molecule has 130 valence electrons. The highest BCUT2D eigenvalue weighted by molar-refractivity contribution is 6.39. The molecule has 0 fully saturated rings. The Morgan fingerprint density at radius 2 is 1.64 bits per heavy atom. The number of hydrogen-bond acceptors (Lipinski definition) is 5. The Kier molecular flexibility index (Phi) is 5.95. The minimum Gasteiger partial charge on any atom is -0.550 e. The molecule has 0 radical (unpaired) electrons. The molecule has 7 nitrogen and oxygen atoms in total. The van der Waals surface area contributed by atoms with E-state index < -0.39 is 29.3 Å². The number of hydrogen-bond donors (Lipinski definition) is 1. The maximum absolute atomic E-state index is 12.4. The summed E-state index contributed by atoms with van der Waals surface area (Å²) in [5.41, 5.74) is 0.221. The number of non-ortho nitro benzene ring substituents is 1. The molecule has 0 aliphatic rings. The van der Waals surface area contributed by atoms with Crippen LogP contribution in [0.4, 0.5) is 5.69 Å². The fourth-order valence-corrected chi connectivity index (χ4v) is 2.76. The highest BCUT2D eigenvalue weighted by Crippen LogP contribution is 2.26. The number of nitrogens with one attached hydrogen (secondary N) is 1. The van der Waals surface area contributed by atoms with Crippen molar-refractivity contribution < 1.29 is 19.6 Å². The van der Waals surface area contributed by atoms with Crippen LogP contribution in [0.15, 0.2) is 42.5 Å². The fraction of sp³-hybridized carbons (Fsp3) is 0.125. The quantitative estimate of drug-likeness (QED) is 0.609. The first-order valence-corrected chi connectivity index (χ1v) is 7.74. The van der Waals surface area contributed by atoms with Crippen molar-refractivity contribution in [2.45, 2.75) is 12.5 Å². The van der Waals surface area contributed by atoms with Crippen molar-refractivity contribution in [1.82, 2.24) is 5.32 Å². The molecule has 0 aliphatic heterocycles. The molecule has 2 rings (SSSR count). The minimum atomic E-state index is -1.39. The third kappa shape index (κ3) is 4.68. The first-order valence-electron chi connectivity index (χ1n) is 6.98. The van der Waals surface area contributed by atoms with Gasteiger partial charge in [0, 0.05) is 24.5 Å². The molecule has 1 atom stereocenters. The van der Waals surface area contributed by atoms with E-state index >= 15 is 0 Å². The van der Waals surface area contributed by atoms with Crippen molar-refractivity contribution in [3.63, 3.8) is 0 Å². The number of nitrogens with zero attached hydrogens (tertiary/aromatic N) is 1. The molecule has 0 bridgehead atoms. The number of carbonyl (C=O) groups is 2. The van der Waals surface area contributed by atoms with Crippen LogP contribution in [0.25, 0.3) is 0 Å². The molecular weight excluding hydrogens is 371 g/mol. The molecule has 2 aromatic rings. The Bertz CT molecular complexity index is 804. The van der Waals surface area contributed by atoms with E-state index in [9.17, 15) is 24.8 Å². The molecule has 0 spiro atoms. The van der Waals surface area contributed by atoms with Gasteiger partial charge in [0.05, 0.1) is 26.6 Å². The predicted molar refractivity (Wildman–Crippen MR) is 89.4 cm³/mol. The van der Waals surface area contributed by atoms with Gasteiger partial charge in [0.1, 0.15) is 0 Å². The van der Waals surface area contributed by atoms with E-state index in [1.165, 1.54) is 36.4 Å². The van der Waals surface area contributed by atoms with Gasteiger partial charge < -0.3 is 15.2 Å². The molecule has 0 aliphatic carbocycles. The zero-order valence-electron chi connectivity index (χ0n) is 12.6. The summed E-state index contributed by atoms with van der Waals surface area (Å²) < 4.78 is 0. The summed E-state index contributed by atoms with van der Waals surface area (Å²) in [6.07, 6.45) is -0.522. The summed E-state index contributed by atoms with van der Waals surface area (Å²) in [5.74, 6) is -2.06. The number of carboxylic acid groups (broad SMARTS) is 1. The van der Waals surface area contributed by atoms with Crippen LogP contribution in [0.3, 0.4) is 0 Å². The molecule has 1 N–H and O–H groups in total. The van der Waals surface area contributed by atoms with E-state index in [1.807, 2.05) is 0 Å². The lowest BCUT2D eigenvalue weighted by atomic mass is 10.0. The van der Waals surface area contributed by atoms with Crippen molar-refractivity contribution in [3.05, 3.63) is 73.8 Å². The van der Waals surface area contributed by atoms with Gasteiger partial charge in [-0.25, -0.2) is 0 Å². The van der Waals surface area contributed by atoms with Crippen molar-refractivity contribution in [2.24, 2.45) is 0 Å². The molecule has 2 aromatic carbocycles. The average molecular weight is 382 g/mol. The summed E-state index contributed by atoms with van der Waals surface area (Å²) >= 11 is 11.9. The lowest BCUT2D eigenvalue weighted by Gasteiger charge is -2.20. The highest BCUT2D eigenvalue weighted by atomic mass is 35.5. The fourth-order valence-electron chi connectivity index (χ4n) is 2.19. The van der Waals surface area contributed by atoms with Gasteiger partial charge in [0.15, 0.2) is 0 Å². The zero-order valence-corrected chi connectivity index (χ0v) is 14.1. The van der Waals surface area contributed by atoms with Crippen LogP contribution in [-0.4, -0.2) is 16.8 Å². The molecule has 0 aromatic heterocycles. The van der Waals surface area contributed by atoms with Crippen LogP contribution in [0.2, 0.25) is 10.0 Å². The Labute approximate surface area is 152 Å². The Balaban J connectivity index is 2.30. The first kappa shape index (κ1) is 18.7. The summed E-state index contributed by atoms with van der Waals surface area (Å²) in [5, 5.41) is 24.4. The van der Waals surface area contributed by atoms with Crippen LogP contribution in [0, 0.1) is 10.1 Å². The maximum Gasteiger partial charge on any atom is 0.269 e. The largest absolute Gasteiger partial charge is 0.550 e. The Hall–Kier alpha value is -2.64. The summed E-state index contributed by atoms with van der Waals surface area (Å²) in [6, 6.07) is 8.70. The number of nitro groups is 1. The third-order valence-corrected chi connectivity index (χ3v) is 4.00. The van der Waals surface area contributed by atoms with Gasteiger partial charge in [-0.3, -0.25) is 14.9 Å². The van der Waals surface area contributed by atoms with Crippen molar-refractivity contribution in [1.29, 1.82) is 0 Å². The van der Waals surface area contributed by atoms with Gasteiger partial charge in [-0.15, -0.1) is 0 Å². The number of carbonyl (C=O) groups excluding carboxylic acids is 2. The normalized spacial score (nSPS) is 11.6. The summed E-state index contributed by atoms with van der Waals surface area (Å²) in [4.78, 5) is 33.5. The zero-order chi connectivity index (χ0) is 18.6. The number of benzene rings is 2. The Morgan fingerprint density at radius 3 is 2.12 bits per heavy atom. The second-order valence-electron chi connectivity index (χ2n) is 5.05. The van der Waals surface area contributed by atoms with Crippen LogP contribution >= 0.6 is 23.2 Å². The van der Waals surface area contributed by atoms with Gasteiger partial charge in [0.2, 0.25) is 0 Å². The number of rotatable bonds is 6. The lowest BCUT2D eigenvalue weighted by molar-refractivity contribution is -0.384. The van der Waals surface area contributed by atoms with E-state index in [4.69, 9.17) is 23.2 Å². The molecule has 0 saturated carbocycles. The van der Waals surface area contributed by atoms with Crippen molar-refractivity contribution in [3.8, 4) is 0 Å². The summed E-state index contributed by atoms with van der Waals surface area (Å²) in [7, 11) is 0. The van der Waals surface area contributed by atoms with Crippen molar-refractivity contribution in [2.75, 3.05) is 0 Å². The van der Waals surface area contributed by atoms with E-state index in [2.05, 4.69) is 5.32 Å². The van der Waals surface area contributed by atoms with Gasteiger partial charge in [-0.1, -0.05) is 41.4 Å². The van der Waals surface area contributed by atoms with E-state index in [1.54, 1.807) is 6.07 Å². The molecule has 1 amide bonds. The van der Waals surface area contributed by atoms with Gasteiger partial charge in [-0.05, 0) is 17.7 Å². The molecule has 0 heterocycles.